The molecule has 21 heavy (non-hydrogen) atoms. The fourth-order valence-electron chi connectivity index (χ4n) is 3.29. The maximum absolute atomic E-state index is 12.6. The average molecular weight is 462 g/mol. The van der Waals surface area contributed by atoms with E-state index in [1.54, 1.807) is 0 Å². The second-order valence-electron chi connectivity index (χ2n) is 5.36. The number of Topliss-reactive ketones (excluding diaryl/α,β-unsaturated/α-hetero) is 2. The van der Waals surface area contributed by atoms with E-state index >= 15 is 0 Å². The molecule has 3 aliphatic rings. The van der Waals surface area contributed by atoms with Crippen LogP contribution in [0.25, 0.3) is 11.0 Å². The van der Waals surface area contributed by atoms with Crippen molar-refractivity contribution in [3.05, 3.63) is 57.6 Å². The molecule has 1 aromatic rings. The molecule has 1 unspecified atom stereocenters. The predicted octanol–water partition coefficient (Wildman–Crippen LogP) is 2.94. The Balaban J connectivity index is 0.00000132. The average Bonchev–Trinajstić information content (AvgIpc) is 2.73. The van der Waals surface area contributed by atoms with Crippen LogP contribution < -0.4 is 0 Å². The third-order valence-corrected chi connectivity index (χ3v) is 4.89. The molecule has 0 N–H and O–H groups in total. The van der Waals surface area contributed by atoms with Gasteiger partial charge in [-0.1, -0.05) is 29.0 Å². The molecule has 0 aromatic heterocycles. The van der Waals surface area contributed by atoms with Gasteiger partial charge in [-0.3, -0.25) is 9.59 Å². The van der Waals surface area contributed by atoms with Gasteiger partial charge in [0.25, 0.3) is 0 Å². The van der Waals surface area contributed by atoms with Gasteiger partial charge >= 0.3 is 0 Å². The van der Waals surface area contributed by atoms with Crippen molar-refractivity contribution in [3.63, 3.8) is 0 Å². The molecule has 1 atom stereocenters. The van der Waals surface area contributed by atoms with Crippen molar-refractivity contribution in [2.24, 2.45) is 0 Å². The zero-order valence-electron chi connectivity index (χ0n) is 11.2. The van der Waals surface area contributed by atoms with E-state index in [4.69, 9.17) is 0 Å². The van der Waals surface area contributed by atoms with Gasteiger partial charge in [-0.2, -0.15) is 5.70 Å². The van der Waals surface area contributed by atoms with Gasteiger partial charge in [0.05, 0.1) is 0 Å². The monoisotopic (exact) mass is 463 g/mol. The molecule has 2 aliphatic carbocycles. The number of allylic oxidation sites excluding steroid dienone is 3. The number of hydrogen-bond donors (Lipinski definition) is 0. The van der Waals surface area contributed by atoms with Crippen LogP contribution in [0.2, 0.25) is 4.78 Å². The summed E-state index contributed by atoms with van der Waals surface area (Å²) in [6.45, 7) is 0. The van der Waals surface area contributed by atoms with Crippen molar-refractivity contribution in [2.45, 2.75) is 24.0 Å². The predicted molar refractivity (Wildman–Crippen MR) is 76.4 cm³/mol. The van der Waals surface area contributed by atoms with Crippen LogP contribution in [0.15, 0.2) is 41.1 Å². The van der Waals surface area contributed by atoms with E-state index in [-0.39, 0.29) is 36.8 Å². The van der Waals surface area contributed by atoms with Gasteiger partial charge in [-0.05, 0) is 29.6 Å². The molecule has 0 bridgehead atoms. The van der Waals surface area contributed by atoms with E-state index < -0.39 is 0 Å². The molecule has 3 radical (unpaired) electrons. The van der Waals surface area contributed by atoms with Gasteiger partial charge in [0.2, 0.25) is 0 Å². The molecule has 5 heteroatoms. The number of fused-ring (bicyclic) bond motifs is 2. The summed E-state index contributed by atoms with van der Waals surface area (Å²) < 4.78 is -0.204. The van der Waals surface area contributed by atoms with Crippen LogP contribution in [-0.4, -0.2) is 27.9 Å². The first kappa shape index (κ1) is 15.0. The minimum atomic E-state index is -0.204. The third kappa shape index (κ3) is 2.04. The van der Waals surface area contributed by atoms with Crippen molar-refractivity contribution in [1.82, 2.24) is 0 Å². The number of nitrogens with zero attached hydrogens (tertiary/aromatic N) is 1. The Labute approximate surface area is 144 Å². The Bertz CT molecular complexity index is 736. The van der Waals surface area contributed by atoms with E-state index in [0.29, 0.717) is 17.6 Å². The maximum Gasteiger partial charge on any atom is 0.187 e. The summed E-state index contributed by atoms with van der Waals surface area (Å²) in [6.07, 6.45) is 2.26. The van der Waals surface area contributed by atoms with Gasteiger partial charge in [0.15, 0.2) is 11.6 Å². The van der Waals surface area contributed by atoms with Crippen LogP contribution in [0.4, 0.5) is 0 Å². The quantitative estimate of drug-likeness (QED) is 0.557. The van der Waals surface area contributed by atoms with Gasteiger partial charge < -0.3 is 5.32 Å². The summed E-state index contributed by atoms with van der Waals surface area (Å²) in [5.74, 6) is 0.162. The van der Waals surface area contributed by atoms with E-state index in [2.05, 4.69) is 21.6 Å². The summed E-state index contributed by atoms with van der Waals surface area (Å²) in [7, 11) is 0. The molecule has 4 rings (SSSR count). The van der Waals surface area contributed by atoms with Crippen LogP contribution in [0.1, 0.15) is 35.2 Å². The van der Waals surface area contributed by atoms with Gasteiger partial charge in [0, 0.05) is 32.4 Å². The number of benzene rings is 1. The minimum absolute atomic E-state index is 0. The van der Waals surface area contributed by atoms with Crippen molar-refractivity contribution in [2.75, 3.05) is 0 Å². The SMILES string of the molecule is O=C1CCCC2=C1[CH]([Al])C1=C([N-]2)c2ccccc2C1=O.[Re]. The van der Waals surface area contributed by atoms with Gasteiger partial charge in [-0.15, -0.1) is 5.70 Å². The molecule has 0 saturated carbocycles. The Morgan fingerprint density at radius 3 is 2.52 bits per heavy atom. The normalized spacial score (nSPS) is 23.1. The Morgan fingerprint density at radius 1 is 1.05 bits per heavy atom. The standard InChI is InChI=1S/C16H12NO2.Al.Re/c18-14-7-3-6-13-11(14)8-12-15(17-13)9-4-1-2-5-10(9)16(12)19;;/h1-2,4-5,8H,3,6-7H2,(H,17,18,19);;/p-1. The number of carbonyl (C=O) groups excluding carboxylic acids is 2. The number of rotatable bonds is 0. The van der Waals surface area contributed by atoms with Crippen molar-refractivity contribution in [3.8, 4) is 0 Å². The molecule has 1 aromatic carbocycles. The molecule has 0 amide bonds. The summed E-state index contributed by atoms with van der Waals surface area (Å²) in [5.41, 5.74) is 4.68. The molecule has 0 spiro atoms. The van der Waals surface area contributed by atoms with Gasteiger partial charge in [-0.25, -0.2) is 0 Å². The van der Waals surface area contributed by atoms with Crippen LogP contribution in [0.5, 0.6) is 0 Å². The van der Waals surface area contributed by atoms with E-state index in [0.717, 1.165) is 35.4 Å². The zero-order valence-corrected chi connectivity index (χ0v) is 15.1. The molecule has 1 heterocycles. The van der Waals surface area contributed by atoms with Crippen LogP contribution in [-0.2, 0) is 25.2 Å². The largest absolute Gasteiger partial charge is 0.660 e. The second-order valence-corrected chi connectivity index (χ2v) is 6.03. The van der Waals surface area contributed by atoms with Crippen LogP contribution in [0.3, 0.4) is 0 Å². The summed E-state index contributed by atoms with van der Waals surface area (Å²) in [5, 5.41) is 4.66. The van der Waals surface area contributed by atoms with Crippen molar-refractivity contribution >= 4 is 33.6 Å². The molecular formula is C16H11AlNO2Re-. The third-order valence-electron chi connectivity index (χ3n) is 4.22. The van der Waals surface area contributed by atoms with E-state index in [9.17, 15) is 9.59 Å². The maximum atomic E-state index is 12.6. The first-order valence-electron chi connectivity index (χ1n) is 6.80. The number of carbonyl (C=O) groups is 2. The van der Waals surface area contributed by atoms with E-state index in [1.165, 1.54) is 0 Å². The summed E-state index contributed by atoms with van der Waals surface area (Å²) in [4.78, 5) is 24.7. The second kappa shape index (κ2) is 5.34. The smallest absolute Gasteiger partial charge is 0.187 e. The molecule has 103 valence electrons. The topological polar surface area (TPSA) is 48.2 Å². The number of hydrogen-bond acceptors (Lipinski definition) is 2. The van der Waals surface area contributed by atoms with Crippen molar-refractivity contribution < 1.29 is 30.0 Å². The van der Waals surface area contributed by atoms with Gasteiger partial charge in [0.1, 0.15) is 16.3 Å². The molecule has 1 aliphatic heterocycles. The molecule has 0 saturated heterocycles. The van der Waals surface area contributed by atoms with Crippen LogP contribution >= 0.6 is 0 Å². The fourth-order valence-corrected chi connectivity index (χ4v) is 3.98. The summed E-state index contributed by atoms with van der Waals surface area (Å²) in [6, 6.07) is 7.56. The van der Waals surface area contributed by atoms with Crippen LogP contribution in [0, 0.1) is 0 Å². The number of ketones is 2. The fraction of sp³-hybridized carbons (Fsp3) is 0.250. The Hall–Kier alpha value is -0.965. The molecule has 0 fully saturated rings. The van der Waals surface area contributed by atoms with E-state index in [1.807, 2.05) is 24.3 Å². The van der Waals surface area contributed by atoms with Crippen molar-refractivity contribution in [1.29, 1.82) is 0 Å². The minimum Gasteiger partial charge on any atom is -0.660 e. The first-order valence-corrected chi connectivity index (χ1v) is 7.47. The Kier molecular flexibility index (Phi) is 3.81. The summed E-state index contributed by atoms with van der Waals surface area (Å²) >= 11 is 2.67. The first-order chi connectivity index (χ1) is 9.68. The Morgan fingerprint density at radius 2 is 1.76 bits per heavy atom. The molecular weight excluding hydrogens is 451 g/mol. The zero-order chi connectivity index (χ0) is 13.9. The molecule has 3 nitrogen and oxygen atoms in total.